The van der Waals surface area contributed by atoms with Crippen molar-refractivity contribution in [2.24, 2.45) is 0 Å². The van der Waals surface area contributed by atoms with Crippen LogP contribution in [0.15, 0.2) is 48.7 Å². The van der Waals surface area contributed by atoms with Crippen molar-refractivity contribution >= 4 is 29.8 Å². The van der Waals surface area contributed by atoms with Crippen LogP contribution in [0.25, 0.3) is 16.6 Å². The standard InChI is InChI=1S/C20H21BN2O3/c1-19(2)20(3,4)26-21(25-19)17-11-16(10-9-15(17)13-24)23-18-8-6-5-7-14(18)12-22-23/h5-13H,1-4H3. The van der Waals surface area contributed by atoms with Gasteiger partial charge in [0.25, 0.3) is 0 Å². The highest BCUT2D eigenvalue weighted by Crippen LogP contribution is 2.36. The molecule has 132 valence electrons. The minimum atomic E-state index is -0.595. The first-order chi connectivity index (χ1) is 12.3. The zero-order chi connectivity index (χ0) is 18.5. The lowest BCUT2D eigenvalue weighted by Gasteiger charge is -2.32. The summed E-state index contributed by atoms with van der Waals surface area (Å²) in [5, 5.41) is 5.55. The van der Waals surface area contributed by atoms with Crippen LogP contribution < -0.4 is 5.46 Å². The lowest BCUT2D eigenvalue weighted by atomic mass is 9.76. The van der Waals surface area contributed by atoms with Crippen LogP contribution in [0.1, 0.15) is 38.1 Å². The summed E-state index contributed by atoms with van der Waals surface area (Å²) in [7, 11) is -0.595. The molecule has 2 heterocycles. The molecule has 1 aliphatic rings. The topological polar surface area (TPSA) is 53.4 Å². The maximum Gasteiger partial charge on any atom is 0.495 e. The van der Waals surface area contributed by atoms with Crippen LogP contribution in [-0.4, -0.2) is 34.4 Å². The van der Waals surface area contributed by atoms with E-state index in [1.165, 1.54) is 0 Å². The van der Waals surface area contributed by atoms with Crippen LogP contribution in [-0.2, 0) is 9.31 Å². The van der Waals surface area contributed by atoms with Crippen LogP contribution in [0, 0.1) is 0 Å². The summed E-state index contributed by atoms with van der Waals surface area (Å²) in [6.45, 7) is 7.99. The molecule has 2 aromatic carbocycles. The number of aromatic nitrogens is 2. The van der Waals surface area contributed by atoms with E-state index < -0.39 is 18.3 Å². The van der Waals surface area contributed by atoms with Crippen molar-refractivity contribution in [3.05, 3.63) is 54.2 Å². The fourth-order valence-electron chi connectivity index (χ4n) is 3.15. The number of hydrogen-bond donors (Lipinski definition) is 0. The van der Waals surface area contributed by atoms with Crippen molar-refractivity contribution in [1.29, 1.82) is 0 Å². The Morgan fingerprint density at radius 3 is 2.42 bits per heavy atom. The molecule has 0 unspecified atom stereocenters. The number of rotatable bonds is 3. The monoisotopic (exact) mass is 348 g/mol. The van der Waals surface area contributed by atoms with E-state index in [1.54, 1.807) is 6.07 Å². The van der Waals surface area contributed by atoms with Crippen molar-refractivity contribution in [3.63, 3.8) is 0 Å². The first kappa shape index (κ1) is 17.0. The second-order valence-electron chi connectivity index (χ2n) is 7.63. The number of aldehydes is 1. The molecule has 1 aliphatic heterocycles. The molecule has 0 bridgehead atoms. The summed E-state index contributed by atoms with van der Waals surface area (Å²) in [5.74, 6) is 0. The number of para-hydroxylation sites is 1. The summed E-state index contributed by atoms with van der Waals surface area (Å²) < 4.78 is 14.1. The second kappa shape index (κ2) is 5.79. The largest absolute Gasteiger partial charge is 0.495 e. The third kappa shape index (κ3) is 2.57. The smallest absolute Gasteiger partial charge is 0.399 e. The lowest BCUT2D eigenvalue weighted by Crippen LogP contribution is -2.41. The van der Waals surface area contributed by atoms with Gasteiger partial charge in [0.2, 0.25) is 0 Å². The number of carbonyl (C=O) groups is 1. The SMILES string of the molecule is CC1(C)OB(c2cc(-n3ncc4ccccc43)ccc2C=O)OC1(C)C. The molecule has 0 N–H and O–H groups in total. The summed E-state index contributed by atoms with van der Waals surface area (Å²) >= 11 is 0. The van der Waals surface area contributed by atoms with E-state index in [0.717, 1.165) is 28.3 Å². The van der Waals surface area contributed by atoms with E-state index in [2.05, 4.69) is 5.10 Å². The van der Waals surface area contributed by atoms with E-state index in [0.29, 0.717) is 5.56 Å². The summed E-state index contributed by atoms with van der Waals surface area (Å²) in [6, 6.07) is 13.6. The van der Waals surface area contributed by atoms with Crippen LogP contribution >= 0.6 is 0 Å². The highest BCUT2D eigenvalue weighted by Gasteiger charge is 2.52. The maximum absolute atomic E-state index is 11.6. The van der Waals surface area contributed by atoms with Crippen molar-refractivity contribution in [3.8, 4) is 5.69 Å². The highest BCUT2D eigenvalue weighted by molar-refractivity contribution is 6.63. The molecule has 6 heteroatoms. The molecule has 0 amide bonds. The Kier molecular flexibility index (Phi) is 3.79. The van der Waals surface area contributed by atoms with E-state index >= 15 is 0 Å². The predicted octanol–water partition coefficient (Wildman–Crippen LogP) is 3.14. The Morgan fingerprint density at radius 2 is 1.73 bits per heavy atom. The quantitative estimate of drug-likeness (QED) is 0.539. The van der Waals surface area contributed by atoms with E-state index in [1.807, 2.05) is 75.0 Å². The third-order valence-electron chi connectivity index (χ3n) is 5.43. The van der Waals surface area contributed by atoms with Gasteiger partial charge in [0.1, 0.15) is 6.29 Å². The fraction of sp³-hybridized carbons (Fsp3) is 0.300. The zero-order valence-corrected chi connectivity index (χ0v) is 15.4. The number of carbonyl (C=O) groups excluding carboxylic acids is 1. The Bertz CT molecular complexity index is 978. The van der Waals surface area contributed by atoms with Gasteiger partial charge in [0, 0.05) is 10.9 Å². The number of nitrogens with zero attached hydrogens (tertiary/aromatic N) is 2. The molecular weight excluding hydrogens is 327 g/mol. The lowest BCUT2D eigenvalue weighted by molar-refractivity contribution is 0.00578. The highest BCUT2D eigenvalue weighted by atomic mass is 16.7. The van der Waals surface area contributed by atoms with Gasteiger partial charge in [-0.2, -0.15) is 5.10 Å². The molecule has 1 aromatic heterocycles. The van der Waals surface area contributed by atoms with Gasteiger partial charge in [-0.25, -0.2) is 4.68 Å². The molecule has 5 nitrogen and oxygen atoms in total. The zero-order valence-electron chi connectivity index (χ0n) is 15.4. The molecule has 1 fully saturated rings. The number of fused-ring (bicyclic) bond motifs is 1. The van der Waals surface area contributed by atoms with E-state index in [-0.39, 0.29) is 0 Å². The van der Waals surface area contributed by atoms with Gasteiger partial charge in [-0.1, -0.05) is 18.2 Å². The van der Waals surface area contributed by atoms with E-state index in [9.17, 15) is 4.79 Å². The Balaban J connectivity index is 1.81. The Morgan fingerprint density at radius 1 is 1.04 bits per heavy atom. The van der Waals surface area contributed by atoms with Gasteiger partial charge < -0.3 is 9.31 Å². The number of benzene rings is 2. The molecule has 0 saturated carbocycles. The van der Waals surface area contributed by atoms with Crippen LogP contribution in [0.5, 0.6) is 0 Å². The maximum atomic E-state index is 11.6. The molecule has 0 atom stereocenters. The van der Waals surface area contributed by atoms with Gasteiger partial charge in [0.15, 0.2) is 0 Å². The molecular formula is C20H21BN2O3. The number of hydrogen-bond acceptors (Lipinski definition) is 4. The van der Waals surface area contributed by atoms with Gasteiger partial charge in [-0.05, 0) is 57.4 Å². The predicted molar refractivity (Wildman–Crippen MR) is 102 cm³/mol. The Hall–Kier alpha value is -2.44. The summed E-state index contributed by atoms with van der Waals surface area (Å²) in [4.78, 5) is 11.6. The minimum Gasteiger partial charge on any atom is -0.399 e. The van der Waals surface area contributed by atoms with Gasteiger partial charge >= 0.3 is 7.12 Å². The second-order valence-corrected chi connectivity index (χ2v) is 7.63. The fourth-order valence-corrected chi connectivity index (χ4v) is 3.15. The van der Waals surface area contributed by atoms with Crippen molar-refractivity contribution < 1.29 is 14.1 Å². The van der Waals surface area contributed by atoms with Gasteiger partial charge in [-0.3, -0.25) is 4.79 Å². The average Bonchev–Trinajstić information content (AvgIpc) is 3.12. The van der Waals surface area contributed by atoms with Crippen LogP contribution in [0.4, 0.5) is 0 Å². The first-order valence-electron chi connectivity index (χ1n) is 8.70. The van der Waals surface area contributed by atoms with Crippen molar-refractivity contribution in [2.75, 3.05) is 0 Å². The van der Waals surface area contributed by atoms with Crippen LogP contribution in [0.2, 0.25) is 0 Å². The molecule has 0 aliphatic carbocycles. The molecule has 0 radical (unpaired) electrons. The Labute approximate surface area is 153 Å². The van der Waals surface area contributed by atoms with Crippen molar-refractivity contribution in [1.82, 2.24) is 9.78 Å². The first-order valence-corrected chi connectivity index (χ1v) is 8.70. The van der Waals surface area contributed by atoms with E-state index in [4.69, 9.17) is 9.31 Å². The molecule has 26 heavy (non-hydrogen) atoms. The minimum absolute atomic E-state index is 0.466. The third-order valence-corrected chi connectivity index (χ3v) is 5.43. The van der Waals surface area contributed by atoms with Gasteiger partial charge in [0.05, 0.1) is 28.6 Å². The summed E-state index contributed by atoms with van der Waals surface area (Å²) in [5.41, 5.74) is 2.21. The summed E-state index contributed by atoms with van der Waals surface area (Å²) in [6.07, 6.45) is 2.67. The van der Waals surface area contributed by atoms with Crippen LogP contribution in [0.3, 0.4) is 0 Å². The molecule has 3 aromatic rings. The molecule has 1 saturated heterocycles. The average molecular weight is 348 g/mol. The normalized spacial score (nSPS) is 18.4. The van der Waals surface area contributed by atoms with Crippen molar-refractivity contribution in [2.45, 2.75) is 38.9 Å². The molecule has 0 spiro atoms. The van der Waals surface area contributed by atoms with Gasteiger partial charge in [-0.15, -0.1) is 0 Å². The molecule has 4 rings (SSSR count).